The van der Waals surface area contributed by atoms with Gasteiger partial charge < -0.3 is 0 Å². The van der Waals surface area contributed by atoms with Crippen LogP contribution in [-0.2, 0) is 0 Å². The first-order chi connectivity index (χ1) is 9.06. The van der Waals surface area contributed by atoms with Crippen molar-refractivity contribution in [3.63, 3.8) is 0 Å². The van der Waals surface area contributed by atoms with Gasteiger partial charge in [0.25, 0.3) is 0 Å². The molecule has 0 aliphatic heterocycles. The highest BCUT2D eigenvalue weighted by Crippen LogP contribution is 2.39. The molecular weight excluding hydrogens is 270 g/mol. The van der Waals surface area contributed by atoms with Crippen molar-refractivity contribution >= 4 is 17.4 Å². The maximum Gasteiger partial charge on any atom is 0.164 e. The first kappa shape index (κ1) is 12.3. The average Bonchev–Trinajstić information content (AvgIpc) is 2.70. The normalized spacial score (nSPS) is 17.6. The molecular formula is C15H9ClF2O. The third-order valence-electron chi connectivity index (χ3n) is 3.43. The number of Topliss-reactive ketones (excluding diaryl/α,β-unsaturated/α-hetero) is 1. The zero-order valence-electron chi connectivity index (χ0n) is 9.79. The van der Waals surface area contributed by atoms with Crippen LogP contribution in [0.4, 0.5) is 8.78 Å². The smallest absolute Gasteiger partial charge is 0.164 e. The minimum Gasteiger partial charge on any atom is -0.294 e. The van der Waals surface area contributed by atoms with Crippen LogP contribution in [0.3, 0.4) is 0 Å². The first-order valence-electron chi connectivity index (χ1n) is 5.84. The molecule has 4 heteroatoms. The molecule has 0 saturated carbocycles. The lowest BCUT2D eigenvalue weighted by atomic mass is 9.93. The summed E-state index contributed by atoms with van der Waals surface area (Å²) in [6.45, 7) is 0. The second-order valence-electron chi connectivity index (χ2n) is 4.59. The fourth-order valence-electron chi connectivity index (χ4n) is 2.51. The molecule has 96 valence electrons. The van der Waals surface area contributed by atoms with Crippen molar-refractivity contribution in [2.75, 3.05) is 0 Å². The Kier molecular flexibility index (Phi) is 2.86. The fraction of sp³-hybridized carbons (Fsp3) is 0.133. The Hall–Kier alpha value is -1.74. The molecule has 0 amide bonds. The van der Waals surface area contributed by atoms with Gasteiger partial charge in [-0.1, -0.05) is 23.7 Å². The quantitative estimate of drug-likeness (QED) is 0.758. The van der Waals surface area contributed by atoms with Crippen molar-refractivity contribution in [1.29, 1.82) is 0 Å². The average molecular weight is 279 g/mol. The highest BCUT2D eigenvalue weighted by molar-refractivity contribution is 6.31. The van der Waals surface area contributed by atoms with Gasteiger partial charge in [0.2, 0.25) is 0 Å². The van der Waals surface area contributed by atoms with E-state index < -0.39 is 11.6 Å². The molecule has 0 heterocycles. The van der Waals surface area contributed by atoms with Crippen LogP contribution < -0.4 is 0 Å². The van der Waals surface area contributed by atoms with E-state index in [1.54, 1.807) is 18.2 Å². The lowest BCUT2D eigenvalue weighted by Gasteiger charge is -2.11. The number of fused-ring (bicyclic) bond motifs is 1. The Morgan fingerprint density at radius 1 is 1.05 bits per heavy atom. The Balaban J connectivity index is 2.09. The first-order valence-corrected chi connectivity index (χ1v) is 6.21. The number of halogens is 3. The van der Waals surface area contributed by atoms with Crippen molar-refractivity contribution in [3.05, 3.63) is 69.7 Å². The van der Waals surface area contributed by atoms with Crippen LogP contribution in [0.1, 0.15) is 33.8 Å². The summed E-state index contributed by atoms with van der Waals surface area (Å²) < 4.78 is 26.2. The van der Waals surface area contributed by atoms with E-state index in [1.165, 1.54) is 6.07 Å². The molecule has 0 spiro atoms. The van der Waals surface area contributed by atoms with Gasteiger partial charge in [-0.05, 0) is 35.4 Å². The second kappa shape index (κ2) is 4.42. The molecule has 0 bridgehead atoms. The summed E-state index contributed by atoms with van der Waals surface area (Å²) in [4.78, 5) is 11.9. The van der Waals surface area contributed by atoms with Crippen LogP contribution in [0, 0.1) is 11.6 Å². The number of rotatable bonds is 1. The SMILES string of the molecule is O=C1C[C@@H](c2ccc(F)c(F)c2)c2ccc(Cl)cc21. The number of ketones is 1. The van der Waals surface area contributed by atoms with E-state index in [0.717, 1.165) is 17.7 Å². The highest BCUT2D eigenvalue weighted by atomic mass is 35.5. The summed E-state index contributed by atoms with van der Waals surface area (Å²) in [6, 6.07) is 8.85. The molecule has 1 nitrogen and oxygen atoms in total. The van der Waals surface area contributed by atoms with E-state index in [1.807, 2.05) is 0 Å². The topological polar surface area (TPSA) is 17.1 Å². The van der Waals surface area contributed by atoms with Gasteiger partial charge in [0.1, 0.15) is 0 Å². The third kappa shape index (κ3) is 2.04. The maximum atomic E-state index is 13.3. The summed E-state index contributed by atoms with van der Waals surface area (Å²) in [5.74, 6) is -2.03. The molecule has 0 unspecified atom stereocenters. The van der Waals surface area contributed by atoms with Crippen LogP contribution in [0.5, 0.6) is 0 Å². The van der Waals surface area contributed by atoms with Gasteiger partial charge in [0, 0.05) is 22.9 Å². The predicted octanol–water partition coefficient (Wildman–Crippen LogP) is 4.34. The number of carbonyl (C=O) groups is 1. The second-order valence-corrected chi connectivity index (χ2v) is 5.02. The van der Waals surface area contributed by atoms with E-state index >= 15 is 0 Å². The molecule has 0 radical (unpaired) electrons. The summed E-state index contributed by atoms with van der Waals surface area (Å²) in [7, 11) is 0. The Labute approximate surface area is 113 Å². The Morgan fingerprint density at radius 3 is 2.58 bits per heavy atom. The van der Waals surface area contributed by atoms with Gasteiger partial charge >= 0.3 is 0 Å². The molecule has 0 saturated heterocycles. The minimum atomic E-state index is -0.896. The summed E-state index contributed by atoms with van der Waals surface area (Å²) in [5.41, 5.74) is 2.00. The highest BCUT2D eigenvalue weighted by Gasteiger charge is 2.30. The molecule has 1 aliphatic carbocycles. The zero-order valence-corrected chi connectivity index (χ0v) is 10.5. The number of hydrogen-bond donors (Lipinski definition) is 0. The molecule has 2 aromatic rings. The van der Waals surface area contributed by atoms with E-state index in [4.69, 9.17) is 11.6 Å². The Bertz CT molecular complexity index is 682. The van der Waals surface area contributed by atoms with E-state index in [0.29, 0.717) is 16.1 Å². The Morgan fingerprint density at radius 2 is 1.84 bits per heavy atom. The largest absolute Gasteiger partial charge is 0.294 e. The summed E-state index contributed by atoms with van der Waals surface area (Å²) >= 11 is 5.87. The third-order valence-corrected chi connectivity index (χ3v) is 3.66. The molecule has 3 rings (SSSR count). The fourth-order valence-corrected chi connectivity index (χ4v) is 2.68. The standard InChI is InChI=1S/C15H9ClF2O/c16-9-2-3-10-11(7-15(19)12(10)6-9)8-1-4-13(17)14(18)5-8/h1-6,11H,7H2/t11-/m0/s1. The summed E-state index contributed by atoms with van der Waals surface area (Å²) in [6.07, 6.45) is 0.265. The molecule has 0 aromatic heterocycles. The van der Waals surface area contributed by atoms with Crippen molar-refractivity contribution in [3.8, 4) is 0 Å². The summed E-state index contributed by atoms with van der Waals surface area (Å²) in [5, 5.41) is 0.498. The number of hydrogen-bond acceptors (Lipinski definition) is 1. The molecule has 2 aromatic carbocycles. The van der Waals surface area contributed by atoms with Crippen molar-refractivity contribution < 1.29 is 13.6 Å². The van der Waals surface area contributed by atoms with Gasteiger partial charge in [-0.2, -0.15) is 0 Å². The van der Waals surface area contributed by atoms with Crippen molar-refractivity contribution in [2.45, 2.75) is 12.3 Å². The number of benzene rings is 2. The zero-order chi connectivity index (χ0) is 13.6. The van der Waals surface area contributed by atoms with Gasteiger partial charge in [0.05, 0.1) is 0 Å². The van der Waals surface area contributed by atoms with Crippen molar-refractivity contribution in [1.82, 2.24) is 0 Å². The lowest BCUT2D eigenvalue weighted by molar-refractivity contribution is 0.0991. The van der Waals surface area contributed by atoms with Gasteiger partial charge in [0.15, 0.2) is 17.4 Å². The van der Waals surface area contributed by atoms with E-state index in [9.17, 15) is 13.6 Å². The molecule has 19 heavy (non-hydrogen) atoms. The maximum absolute atomic E-state index is 13.3. The predicted molar refractivity (Wildman–Crippen MR) is 68.6 cm³/mol. The van der Waals surface area contributed by atoms with Crippen LogP contribution >= 0.6 is 11.6 Å². The van der Waals surface area contributed by atoms with Crippen molar-refractivity contribution in [2.24, 2.45) is 0 Å². The monoisotopic (exact) mass is 278 g/mol. The van der Waals surface area contributed by atoms with Crippen LogP contribution in [-0.4, -0.2) is 5.78 Å². The molecule has 0 N–H and O–H groups in total. The van der Waals surface area contributed by atoms with Gasteiger partial charge in [-0.15, -0.1) is 0 Å². The van der Waals surface area contributed by atoms with Gasteiger partial charge in [-0.3, -0.25) is 4.79 Å². The van der Waals surface area contributed by atoms with Crippen LogP contribution in [0.25, 0.3) is 0 Å². The van der Waals surface area contributed by atoms with Crippen LogP contribution in [0.15, 0.2) is 36.4 Å². The van der Waals surface area contributed by atoms with E-state index in [2.05, 4.69) is 0 Å². The number of carbonyl (C=O) groups excluding carboxylic acids is 1. The lowest BCUT2D eigenvalue weighted by Crippen LogP contribution is -1.98. The van der Waals surface area contributed by atoms with E-state index in [-0.39, 0.29) is 18.1 Å². The minimum absolute atomic E-state index is 0.0211. The van der Waals surface area contributed by atoms with Crippen LogP contribution in [0.2, 0.25) is 5.02 Å². The van der Waals surface area contributed by atoms with Gasteiger partial charge in [-0.25, -0.2) is 8.78 Å². The molecule has 1 atom stereocenters. The molecule has 0 fully saturated rings. The molecule has 1 aliphatic rings.